The standard InChI is InChI=1S/C24H25ClN4O2/c1-13(2)29-11-19(22-23(26)27-12-28-24(22)29)16-5-7-17(8-6-16)31-21-10-20(25)14(3)9-18(21)15(4)30/h5-13,15,30H,1-4H3,(H2,26,27,28). The molecule has 2 heterocycles. The highest BCUT2D eigenvalue weighted by atomic mass is 35.5. The van der Waals surface area contributed by atoms with Gasteiger partial charge in [0.2, 0.25) is 0 Å². The number of nitrogens with two attached hydrogens (primary N) is 1. The van der Waals surface area contributed by atoms with Gasteiger partial charge < -0.3 is 20.1 Å². The molecule has 2 aromatic carbocycles. The molecule has 0 aliphatic heterocycles. The summed E-state index contributed by atoms with van der Waals surface area (Å²) in [4.78, 5) is 8.61. The highest BCUT2D eigenvalue weighted by Gasteiger charge is 2.17. The van der Waals surface area contributed by atoms with E-state index in [2.05, 4.69) is 34.6 Å². The number of hydrogen-bond acceptors (Lipinski definition) is 5. The fourth-order valence-corrected chi connectivity index (χ4v) is 3.80. The lowest BCUT2D eigenvalue weighted by molar-refractivity contribution is 0.195. The zero-order valence-electron chi connectivity index (χ0n) is 17.9. The fourth-order valence-electron chi connectivity index (χ4n) is 3.65. The molecule has 0 bridgehead atoms. The third-order valence-corrected chi connectivity index (χ3v) is 5.74. The molecule has 0 saturated heterocycles. The van der Waals surface area contributed by atoms with Crippen LogP contribution in [-0.2, 0) is 0 Å². The Kier molecular flexibility index (Phi) is 5.60. The number of aliphatic hydroxyl groups excluding tert-OH is 1. The molecule has 0 saturated carbocycles. The Morgan fingerprint density at radius 2 is 1.81 bits per heavy atom. The summed E-state index contributed by atoms with van der Waals surface area (Å²) in [5, 5.41) is 11.5. The van der Waals surface area contributed by atoms with Gasteiger partial charge in [0.05, 0.1) is 11.5 Å². The molecule has 7 heteroatoms. The molecule has 0 amide bonds. The van der Waals surface area contributed by atoms with Gasteiger partial charge in [-0.3, -0.25) is 0 Å². The van der Waals surface area contributed by atoms with Crippen molar-refractivity contribution < 1.29 is 9.84 Å². The molecule has 0 aliphatic rings. The highest BCUT2D eigenvalue weighted by molar-refractivity contribution is 6.31. The maximum atomic E-state index is 10.1. The van der Waals surface area contributed by atoms with Crippen LogP contribution >= 0.6 is 11.6 Å². The predicted octanol–water partition coefficient (Wildman–Crippen LogP) is 6.07. The quantitative estimate of drug-likeness (QED) is 0.396. The van der Waals surface area contributed by atoms with Crippen molar-refractivity contribution in [3.8, 4) is 22.6 Å². The van der Waals surface area contributed by atoms with E-state index in [1.54, 1.807) is 13.0 Å². The van der Waals surface area contributed by atoms with Gasteiger partial charge in [-0.2, -0.15) is 0 Å². The van der Waals surface area contributed by atoms with E-state index < -0.39 is 6.10 Å². The molecular weight excluding hydrogens is 412 g/mol. The van der Waals surface area contributed by atoms with Gasteiger partial charge in [-0.05, 0) is 57.0 Å². The van der Waals surface area contributed by atoms with Crippen molar-refractivity contribution in [3.63, 3.8) is 0 Å². The number of hydrogen-bond donors (Lipinski definition) is 2. The first-order valence-electron chi connectivity index (χ1n) is 10.1. The van der Waals surface area contributed by atoms with Gasteiger partial charge in [0, 0.05) is 34.5 Å². The molecule has 3 N–H and O–H groups in total. The molecule has 0 radical (unpaired) electrons. The van der Waals surface area contributed by atoms with E-state index in [9.17, 15) is 5.11 Å². The Labute approximate surface area is 186 Å². The number of nitrogen functional groups attached to an aromatic ring is 1. The van der Waals surface area contributed by atoms with Gasteiger partial charge in [-0.25, -0.2) is 9.97 Å². The summed E-state index contributed by atoms with van der Waals surface area (Å²) >= 11 is 6.27. The third kappa shape index (κ3) is 3.96. The first kappa shape index (κ1) is 21.2. The van der Waals surface area contributed by atoms with E-state index >= 15 is 0 Å². The molecule has 0 spiro atoms. The maximum absolute atomic E-state index is 10.1. The van der Waals surface area contributed by atoms with Crippen LogP contribution < -0.4 is 10.5 Å². The number of anilines is 1. The minimum absolute atomic E-state index is 0.235. The smallest absolute Gasteiger partial charge is 0.146 e. The van der Waals surface area contributed by atoms with Crippen LogP contribution in [0.2, 0.25) is 5.02 Å². The summed E-state index contributed by atoms with van der Waals surface area (Å²) in [5.74, 6) is 1.63. The molecule has 4 rings (SSSR count). The molecule has 160 valence electrons. The summed E-state index contributed by atoms with van der Waals surface area (Å²) in [7, 11) is 0. The van der Waals surface area contributed by atoms with Crippen LogP contribution in [-0.4, -0.2) is 19.6 Å². The second-order valence-corrected chi connectivity index (χ2v) is 8.35. The molecule has 31 heavy (non-hydrogen) atoms. The maximum Gasteiger partial charge on any atom is 0.146 e. The van der Waals surface area contributed by atoms with Crippen molar-refractivity contribution >= 4 is 28.5 Å². The lowest BCUT2D eigenvalue weighted by Crippen LogP contribution is -2.00. The summed E-state index contributed by atoms with van der Waals surface area (Å²) in [6.45, 7) is 7.81. The van der Waals surface area contributed by atoms with Gasteiger partial charge in [0.25, 0.3) is 0 Å². The number of fused-ring (bicyclic) bond motifs is 1. The van der Waals surface area contributed by atoms with Crippen molar-refractivity contribution in [2.45, 2.75) is 39.8 Å². The van der Waals surface area contributed by atoms with E-state index in [1.165, 1.54) is 6.33 Å². The average Bonchev–Trinajstić information content (AvgIpc) is 3.12. The SMILES string of the molecule is Cc1cc(C(C)O)c(Oc2ccc(-c3cn(C(C)C)c4ncnc(N)c34)cc2)cc1Cl. The van der Waals surface area contributed by atoms with E-state index in [0.717, 1.165) is 27.7 Å². The predicted molar refractivity (Wildman–Crippen MR) is 125 cm³/mol. The minimum atomic E-state index is -0.671. The fraction of sp³-hybridized carbons (Fsp3) is 0.250. The molecule has 1 atom stereocenters. The number of aliphatic hydroxyl groups is 1. The van der Waals surface area contributed by atoms with Crippen LogP contribution in [0.4, 0.5) is 5.82 Å². The lowest BCUT2D eigenvalue weighted by Gasteiger charge is -2.15. The van der Waals surface area contributed by atoms with E-state index in [1.807, 2.05) is 37.3 Å². The Morgan fingerprint density at radius 1 is 1.10 bits per heavy atom. The Balaban J connectivity index is 1.72. The number of nitrogens with zero attached hydrogens (tertiary/aromatic N) is 3. The van der Waals surface area contributed by atoms with E-state index in [0.29, 0.717) is 27.9 Å². The van der Waals surface area contributed by atoms with Gasteiger partial charge in [0.15, 0.2) is 0 Å². The second kappa shape index (κ2) is 8.21. The molecule has 0 fully saturated rings. The van der Waals surface area contributed by atoms with Gasteiger partial charge in [-0.15, -0.1) is 0 Å². The Morgan fingerprint density at radius 3 is 2.45 bits per heavy atom. The topological polar surface area (TPSA) is 86.2 Å². The van der Waals surface area contributed by atoms with Crippen LogP contribution in [0.3, 0.4) is 0 Å². The zero-order valence-corrected chi connectivity index (χ0v) is 18.7. The minimum Gasteiger partial charge on any atom is -0.457 e. The molecule has 2 aromatic heterocycles. The molecule has 6 nitrogen and oxygen atoms in total. The van der Waals surface area contributed by atoms with Crippen LogP contribution in [0.15, 0.2) is 48.9 Å². The summed E-state index contributed by atoms with van der Waals surface area (Å²) in [5.41, 5.74) is 10.5. The van der Waals surface area contributed by atoms with Crippen molar-refractivity contribution in [3.05, 3.63) is 65.1 Å². The van der Waals surface area contributed by atoms with E-state index in [4.69, 9.17) is 22.1 Å². The average molecular weight is 437 g/mol. The monoisotopic (exact) mass is 436 g/mol. The van der Waals surface area contributed by atoms with Crippen molar-refractivity contribution in [1.29, 1.82) is 0 Å². The summed E-state index contributed by atoms with van der Waals surface area (Å²) in [6.07, 6.45) is 2.88. The van der Waals surface area contributed by atoms with Crippen molar-refractivity contribution in [2.75, 3.05) is 5.73 Å². The Bertz CT molecular complexity index is 1250. The number of aromatic nitrogens is 3. The number of halogens is 1. The highest BCUT2D eigenvalue weighted by Crippen LogP contribution is 2.37. The molecule has 1 unspecified atom stereocenters. The van der Waals surface area contributed by atoms with Crippen LogP contribution in [0, 0.1) is 6.92 Å². The summed E-state index contributed by atoms with van der Waals surface area (Å²) < 4.78 is 8.15. The molecular formula is C24H25ClN4O2. The van der Waals surface area contributed by atoms with Crippen LogP contribution in [0.25, 0.3) is 22.2 Å². The van der Waals surface area contributed by atoms with Gasteiger partial charge in [0.1, 0.15) is 29.3 Å². The lowest BCUT2D eigenvalue weighted by atomic mass is 10.1. The molecule has 4 aromatic rings. The Hall–Kier alpha value is -3.09. The second-order valence-electron chi connectivity index (χ2n) is 7.94. The number of aryl methyl sites for hydroxylation is 1. The molecule has 0 aliphatic carbocycles. The largest absolute Gasteiger partial charge is 0.457 e. The zero-order chi connectivity index (χ0) is 22.3. The van der Waals surface area contributed by atoms with Crippen LogP contribution in [0.1, 0.15) is 44.0 Å². The number of rotatable bonds is 5. The first-order chi connectivity index (χ1) is 14.8. The van der Waals surface area contributed by atoms with E-state index in [-0.39, 0.29) is 6.04 Å². The number of benzene rings is 2. The summed E-state index contributed by atoms with van der Waals surface area (Å²) in [6, 6.07) is 11.5. The normalized spacial score (nSPS) is 12.5. The van der Waals surface area contributed by atoms with Crippen molar-refractivity contribution in [2.24, 2.45) is 0 Å². The van der Waals surface area contributed by atoms with Gasteiger partial charge in [-0.1, -0.05) is 23.7 Å². The van der Waals surface area contributed by atoms with Gasteiger partial charge >= 0.3 is 0 Å². The number of ether oxygens (including phenoxy) is 1. The van der Waals surface area contributed by atoms with Crippen molar-refractivity contribution in [1.82, 2.24) is 14.5 Å². The third-order valence-electron chi connectivity index (χ3n) is 5.33. The van der Waals surface area contributed by atoms with Crippen LogP contribution in [0.5, 0.6) is 11.5 Å². The first-order valence-corrected chi connectivity index (χ1v) is 10.5.